The molecule has 0 saturated carbocycles. The van der Waals surface area contributed by atoms with Crippen LogP contribution in [0.2, 0.25) is 0 Å². The number of hydrogen-bond donors (Lipinski definition) is 3. The molecule has 6 heteroatoms. The van der Waals surface area contributed by atoms with E-state index in [0.717, 1.165) is 11.8 Å². The summed E-state index contributed by atoms with van der Waals surface area (Å²) >= 11 is 0.992. The van der Waals surface area contributed by atoms with Crippen molar-refractivity contribution in [1.29, 1.82) is 0 Å². The molecular weight excluding hydrogens is 171 g/mol. The predicted octanol–water partition coefficient (Wildman–Crippen LogP) is -0.784. The molecule has 0 aliphatic rings. The largest absolute Gasteiger partial charge is 0.481 e. The highest BCUT2D eigenvalue weighted by atomic mass is 32.2. The zero-order chi connectivity index (χ0) is 8.85. The molecule has 0 aromatic carbocycles. The third-order valence-corrected chi connectivity index (χ3v) is 1.89. The van der Waals surface area contributed by atoms with Crippen LogP contribution in [-0.2, 0) is 9.59 Å². The van der Waals surface area contributed by atoms with Gasteiger partial charge in [-0.2, -0.15) is 0 Å². The predicted molar refractivity (Wildman–Crippen MR) is 40.6 cm³/mol. The van der Waals surface area contributed by atoms with Crippen molar-refractivity contribution < 1.29 is 19.8 Å². The van der Waals surface area contributed by atoms with Gasteiger partial charge in [0.2, 0.25) is 0 Å². The molecule has 0 radical (unpaired) electrons. The summed E-state index contributed by atoms with van der Waals surface area (Å²) in [5.74, 6) is -2.06. The molecule has 0 aromatic heterocycles. The quantitative estimate of drug-likeness (QED) is 0.480. The molecular formula is C5H9NO4S. The van der Waals surface area contributed by atoms with Crippen molar-refractivity contribution in [2.75, 3.05) is 11.5 Å². The minimum atomic E-state index is -1.11. The van der Waals surface area contributed by atoms with Crippen LogP contribution in [0.4, 0.5) is 0 Å². The number of rotatable bonds is 5. The molecule has 1 atom stereocenters. The molecule has 0 bridgehead atoms. The second kappa shape index (κ2) is 4.97. The van der Waals surface area contributed by atoms with Crippen molar-refractivity contribution in [3.63, 3.8) is 0 Å². The van der Waals surface area contributed by atoms with Crippen molar-refractivity contribution in [3.8, 4) is 0 Å². The summed E-state index contributed by atoms with van der Waals surface area (Å²) in [6.45, 7) is 0. The number of carboxylic acid groups (broad SMARTS) is 2. The van der Waals surface area contributed by atoms with Gasteiger partial charge in [-0.15, -0.1) is 11.8 Å². The molecule has 0 heterocycles. The Hall–Kier alpha value is -0.750. The van der Waals surface area contributed by atoms with Crippen molar-refractivity contribution >= 4 is 23.7 Å². The third-order valence-electron chi connectivity index (χ3n) is 0.840. The number of aliphatic carboxylic acids is 2. The molecule has 4 N–H and O–H groups in total. The van der Waals surface area contributed by atoms with Crippen LogP contribution in [0.25, 0.3) is 0 Å². The number of carbonyl (C=O) groups is 2. The number of thioether (sulfide) groups is 1. The molecule has 64 valence electrons. The molecule has 0 amide bonds. The van der Waals surface area contributed by atoms with Crippen LogP contribution < -0.4 is 5.73 Å². The fourth-order valence-corrected chi connectivity index (χ4v) is 1.03. The Kier molecular flexibility index (Phi) is 4.64. The van der Waals surface area contributed by atoms with Crippen molar-refractivity contribution in [2.24, 2.45) is 5.73 Å². The lowest BCUT2D eigenvalue weighted by Gasteiger charge is -2.02. The fourth-order valence-electron chi connectivity index (χ4n) is 0.344. The smallest absolute Gasteiger partial charge is 0.321 e. The van der Waals surface area contributed by atoms with E-state index in [1.165, 1.54) is 0 Å². The summed E-state index contributed by atoms with van der Waals surface area (Å²) in [5, 5.41) is 16.4. The second-order valence-corrected chi connectivity index (χ2v) is 2.88. The molecule has 0 rings (SSSR count). The average molecular weight is 180 g/mol. The Morgan fingerprint density at radius 1 is 1.45 bits per heavy atom. The van der Waals surface area contributed by atoms with E-state index in [1.807, 2.05) is 0 Å². The Bertz CT molecular complexity index is 161. The maximum Gasteiger partial charge on any atom is 0.321 e. The Balaban J connectivity index is 3.39. The van der Waals surface area contributed by atoms with Crippen molar-refractivity contribution in [1.82, 2.24) is 0 Å². The molecule has 0 fully saturated rings. The third kappa shape index (κ3) is 5.68. The number of nitrogens with two attached hydrogens (primary N) is 1. The molecule has 0 unspecified atom stereocenters. The molecule has 0 aliphatic heterocycles. The normalized spacial score (nSPS) is 12.5. The standard InChI is InChI=1S/C5H9NO4S/c6-3(5(9)10)1-11-2-4(7)8/h3H,1-2,6H2,(H,7,8)(H,9,10)/t3-/m0/s1/i2+1. The van der Waals surface area contributed by atoms with Gasteiger partial charge >= 0.3 is 11.9 Å². The van der Waals surface area contributed by atoms with Gasteiger partial charge < -0.3 is 15.9 Å². The minimum Gasteiger partial charge on any atom is -0.481 e. The van der Waals surface area contributed by atoms with Gasteiger partial charge in [0, 0.05) is 5.75 Å². The lowest BCUT2D eigenvalue weighted by molar-refractivity contribution is -0.138. The highest BCUT2D eigenvalue weighted by Crippen LogP contribution is 2.00. The summed E-state index contributed by atoms with van der Waals surface area (Å²) in [7, 11) is 0. The monoisotopic (exact) mass is 180 g/mol. The van der Waals surface area contributed by atoms with Gasteiger partial charge in [0.05, 0.1) is 5.75 Å². The summed E-state index contributed by atoms with van der Waals surface area (Å²) in [5.41, 5.74) is 5.09. The van der Waals surface area contributed by atoms with Gasteiger partial charge in [-0.3, -0.25) is 9.59 Å². The average Bonchev–Trinajstić information content (AvgIpc) is 1.86. The molecule has 11 heavy (non-hydrogen) atoms. The van der Waals surface area contributed by atoms with Crippen molar-refractivity contribution in [3.05, 3.63) is 0 Å². The lowest BCUT2D eigenvalue weighted by atomic mass is 10.4. The molecule has 5 nitrogen and oxygen atoms in total. The summed E-state index contributed by atoms with van der Waals surface area (Å²) in [6.07, 6.45) is 0. The van der Waals surface area contributed by atoms with E-state index in [0.29, 0.717) is 0 Å². The molecule has 0 spiro atoms. The summed E-state index contributed by atoms with van der Waals surface area (Å²) in [4.78, 5) is 20.0. The van der Waals surface area contributed by atoms with Gasteiger partial charge in [-0.1, -0.05) is 0 Å². The Labute approximate surface area is 67.6 Å². The first-order valence-corrected chi connectivity index (χ1v) is 3.97. The van der Waals surface area contributed by atoms with Gasteiger partial charge in [0.15, 0.2) is 0 Å². The first-order valence-electron chi connectivity index (χ1n) is 2.82. The van der Waals surface area contributed by atoms with Gasteiger partial charge in [0.1, 0.15) is 6.04 Å². The second-order valence-electron chi connectivity index (χ2n) is 1.85. The van der Waals surface area contributed by atoms with E-state index in [4.69, 9.17) is 15.9 Å². The van der Waals surface area contributed by atoms with Crippen LogP contribution in [0.15, 0.2) is 0 Å². The molecule has 0 aliphatic carbocycles. The van der Waals surface area contributed by atoms with E-state index in [-0.39, 0.29) is 11.5 Å². The van der Waals surface area contributed by atoms with E-state index in [2.05, 4.69) is 0 Å². The zero-order valence-corrected chi connectivity index (χ0v) is 6.50. The number of carboxylic acids is 2. The van der Waals surface area contributed by atoms with Crippen LogP contribution in [-0.4, -0.2) is 39.7 Å². The first-order chi connectivity index (χ1) is 5.04. The molecule has 0 saturated heterocycles. The maximum absolute atomic E-state index is 10.1. The molecule has 0 aromatic rings. The highest BCUT2D eigenvalue weighted by molar-refractivity contribution is 8.00. The van der Waals surface area contributed by atoms with Crippen LogP contribution >= 0.6 is 11.8 Å². The van der Waals surface area contributed by atoms with Gasteiger partial charge in [0.25, 0.3) is 0 Å². The SMILES string of the molecule is N[C@@H](CS[13CH2]C(=O)O)C(=O)O. The van der Waals surface area contributed by atoms with E-state index in [9.17, 15) is 9.59 Å². The topological polar surface area (TPSA) is 101 Å². The van der Waals surface area contributed by atoms with Crippen LogP contribution in [0, 0.1) is 0 Å². The summed E-state index contributed by atoms with van der Waals surface area (Å²) < 4.78 is 0. The van der Waals surface area contributed by atoms with E-state index >= 15 is 0 Å². The Morgan fingerprint density at radius 3 is 2.36 bits per heavy atom. The summed E-state index contributed by atoms with van der Waals surface area (Å²) in [6, 6.07) is -0.973. The number of hydrogen-bond acceptors (Lipinski definition) is 4. The van der Waals surface area contributed by atoms with Crippen LogP contribution in [0.3, 0.4) is 0 Å². The fraction of sp³-hybridized carbons (Fsp3) is 0.600. The van der Waals surface area contributed by atoms with Gasteiger partial charge in [-0.25, -0.2) is 0 Å². The zero-order valence-electron chi connectivity index (χ0n) is 5.69. The van der Waals surface area contributed by atoms with Crippen LogP contribution in [0.1, 0.15) is 0 Å². The van der Waals surface area contributed by atoms with E-state index in [1.54, 1.807) is 0 Å². The van der Waals surface area contributed by atoms with Gasteiger partial charge in [-0.05, 0) is 0 Å². The van der Waals surface area contributed by atoms with Crippen LogP contribution in [0.5, 0.6) is 0 Å². The Morgan fingerprint density at radius 2 is 2.00 bits per heavy atom. The lowest BCUT2D eigenvalue weighted by Crippen LogP contribution is -2.32. The first kappa shape index (κ1) is 10.2. The highest BCUT2D eigenvalue weighted by Gasteiger charge is 2.11. The minimum absolute atomic E-state index is 0.110. The van der Waals surface area contributed by atoms with E-state index < -0.39 is 18.0 Å². The maximum atomic E-state index is 10.1. The van der Waals surface area contributed by atoms with Crippen molar-refractivity contribution in [2.45, 2.75) is 6.04 Å².